The molecule has 0 atom stereocenters. The number of aromatic nitrogens is 1. The van der Waals surface area contributed by atoms with Crippen LogP contribution in [0.5, 0.6) is 0 Å². The number of hydrogen-bond acceptors (Lipinski definition) is 1. The predicted octanol–water partition coefficient (Wildman–Crippen LogP) is 2.62. The van der Waals surface area contributed by atoms with Gasteiger partial charge in [-0.25, -0.2) is 4.79 Å². The van der Waals surface area contributed by atoms with E-state index in [1.165, 1.54) is 11.1 Å². The van der Waals surface area contributed by atoms with Crippen molar-refractivity contribution in [2.75, 3.05) is 0 Å². The number of hydrogen-bond donors (Lipinski definition) is 1. The molecule has 1 heterocycles. The minimum atomic E-state index is -0.886. The highest BCUT2D eigenvalue weighted by atomic mass is 16.4. The standard InChI is InChI=1S/C14H15NO2/c1-10-4-3-5-11(8-10)9-12-6-7-13(14(16)17)15(12)2/h3-8H,9H2,1-2H3,(H,16,17). The molecule has 2 aromatic rings. The summed E-state index contributed by atoms with van der Waals surface area (Å²) in [5.74, 6) is -0.886. The number of carboxylic acids is 1. The number of carbonyl (C=O) groups is 1. The molecule has 0 aliphatic carbocycles. The largest absolute Gasteiger partial charge is 0.477 e. The molecule has 0 saturated heterocycles. The van der Waals surface area contributed by atoms with Crippen molar-refractivity contribution in [3.63, 3.8) is 0 Å². The highest BCUT2D eigenvalue weighted by molar-refractivity contribution is 5.86. The van der Waals surface area contributed by atoms with Crippen LogP contribution in [0.4, 0.5) is 0 Å². The van der Waals surface area contributed by atoms with Gasteiger partial charge in [0.2, 0.25) is 0 Å². The van der Waals surface area contributed by atoms with Crippen LogP contribution in [-0.4, -0.2) is 15.6 Å². The van der Waals surface area contributed by atoms with Crippen LogP contribution in [0.1, 0.15) is 27.3 Å². The molecule has 3 nitrogen and oxygen atoms in total. The van der Waals surface area contributed by atoms with E-state index in [-0.39, 0.29) is 0 Å². The number of aromatic carboxylic acids is 1. The SMILES string of the molecule is Cc1cccc(Cc2ccc(C(=O)O)n2C)c1. The van der Waals surface area contributed by atoms with Gasteiger partial charge in [-0.15, -0.1) is 0 Å². The van der Waals surface area contributed by atoms with Gasteiger partial charge in [0.15, 0.2) is 0 Å². The van der Waals surface area contributed by atoms with Crippen LogP contribution in [0.2, 0.25) is 0 Å². The Balaban J connectivity index is 2.28. The Kier molecular flexibility index (Phi) is 3.00. The van der Waals surface area contributed by atoms with E-state index in [4.69, 9.17) is 5.11 Å². The van der Waals surface area contributed by atoms with Crippen molar-refractivity contribution < 1.29 is 9.90 Å². The number of benzene rings is 1. The fourth-order valence-electron chi connectivity index (χ4n) is 1.98. The molecular weight excluding hydrogens is 214 g/mol. The quantitative estimate of drug-likeness (QED) is 0.879. The first-order valence-electron chi connectivity index (χ1n) is 5.51. The molecule has 0 radical (unpaired) electrons. The normalized spacial score (nSPS) is 10.5. The maximum atomic E-state index is 10.9. The second kappa shape index (κ2) is 4.45. The lowest BCUT2D eigenvalue weighted by molar-refractivity contribution is 0.0686. The van der Waals surface area contributed by atoms with Crippen molar-refractivity contribution in [2.45, 2.75) is 13.3 Å². The molecule has 0 spiro atoms. The molecule has 1 N–H and O–H groups in total. The summed E-state index contributed by atoms with van der Waals surface area (Å²) in [4.78, 5) is 10.9. The Morgan fingerprint density at radius 1 is 1.29 bits per heavy atom. The lowest BCUT2D eigenvalue weighted by atomic mass is 10.1. The van der Waals surface area contributed by atoms with Gasteiger partial charge in [0.25, 0.3) is 0 Å². The zero-order valence-corrected chi connectivity index (χ0v) is 9.97. The van der Waals surface area contributed by atoms with Gasteiger partial charge in [0.05, 0.1) is 0 Å². The molecular formula is C14H15NO2. The molecule has 0 aliphatic heterocycles. The van der Waals surface area contributed by atoms with Gasteiger partial charge in [-0.05, 0) is 24.6 Å². The third-order valence-corrected chi connectivity index (χ3v) is 2.91. The van der Waals surface area contributed by atoms with Gasteiger partial charge in [-0.1, -0.05) is 29.8 Å². The van der Waals surface area contributed by atoms with E-state index in [1.54, 1.807) is 17.7 Å². The molecule has 0 saturated carbocycles. The third-order valence-electron chi connectivity index (χ3n) is 2.91. The van der Waals surface area contributed by atoms with Crippen LogP contribution < -0.4 is 0 Å². The summed E-state index contributed by atoms with van der Waals surface area (Å²) in [6, 6.07) is 11.8. The van der Waals surface area contributed by atoms with Gasteiger partial charge in [-0.3, -0.25) is 0 Å². The second-order valence-electron chi connectivity index (χ2n) is 4.24. The first kappa shape index (κ1) is 11.5. The van der Waals surface area contributed by atoms with Crippen molar-refractivity contribution in [3.8, 4) is 0 Å². The highest BCUT2D eigenvalue weighted by Gasteiger charge is 2.10. The van der Waals surface area contributed by atoms with E-state index in [0.717, 1.165) is 12.1 Å². The molecule has 3 heteroatoms. The van der Waals surface area contributed by atoms with Crippen LogP contribution in [0.3, 0.4) is 0 Å². The van der Waals surface area contributed by atoms with E-state index in [9.17, 15) is 4.79 Å². The van der Waals surface area contributed by atoms with Gasteiger partial charge >= 0.3 is 5.97 Å². The van der Waals surface area contributed by atoms with Gasteiger partial charge in [0.1, 0.15) is 5.69 Å². The van der Waals surface area contributed by atoms with Crippen LogP contribution in [-0.2, 0) is 13.5 Å². The van der Waals surface area contributed by atoms with Gasteiger partial charge in [-0.2, -0.15) is 0 Å². The maximum absolute atomic E-state index is 10.9. The van der Waals surface area contributed by atoms with E-state index in [2.05, 4.69) is 25.1 Å². The zero-order chi connectivity index (χ0) is 12.4. The molecule has 0 fully saturated rings. The molecule has 0 aliphatic rings. The summed E-state index contributed by atoms with van der Waals surface area (Å²) < 4.78 is 1.73. The first-order chi connectivity index (χ1) is 8.08. The zero-order valence-electron chi connectivity index (χ0n) is 9.97. The van der Waals surface area contributed by atoms with Crippen molar-refractivity contribution in [1.82, 2.24) is 4.57 Å². The Hall–Kier alpha value is -2.03. The van der Waals surface area contributed by atoms with Crippen LogP contribution in [0.25, 0.3) is 0 Å². The monoisotopic (exact) mass is 229 g/mol. The molecule has 2 rings (SSSR count). The number of rotatable bonds is 3. The summed E-state index contributed by atoms with van der Waals surface area (Å²) in [6.45, 7) is 2.05. The molecule has 17 heavy (non-hydrogen) atoms. The molecule has 1 aromatic carbocycles. The average molecular weight is 229 g/mol. The van der Waals surface area contributed by atoms with Crippen LogP contribution in [0.15, 0.2) is 36.4 Å². The summed E-state index contributed by atoms with van der Waals surface area (Å²) >= 11 is 0. The molecule has 0 amide bonds. The van der Waals surface area contributed by atoms with Crippen molar-refractivity contribution in [3.05, 3.63) is 58.9 Å². The van der Waals surface area contributed by atoms with Gasteiger partial charge < -0.3 is 9.67 Å². The topological polar surface area (TPSA) is 42.2 Å². The number of aryl methyl sites for hydroxylation is 1. The number of nitrogens with zero attached hydrogens (tertiary/aromatic N) is 1. The predicted molar refractivity (Wildman–Crippen MR) is 66.4 cm³/mol. The summed E-state index contributed by atoms with van der Waals surface area (Å²) in [7, 11) is 1.79. The van der Waals surface area contributed by atoms with Crippen LogP contribution >= 0.6 is 0 Å². The summed E-state index contributed by atoms with van der Waals surface area (Å²) in [5, 5.41) is 8.97. The number of carboxylic acid groups (broad SMARTS) is 1. The van der Waals surface area contributed by atoms with E-state index < -0.39 is 5.97 Å². The molecule has 0 bridgehead atoms. The minimum absolute atomic E-state index is 0.327. The summed E-state index contributed by atoms with van der Waals surface area (Å²) in [6.07, 6.45) is 0.755. The Morgan fingerprint density at radius 3 is 2.65 bits per heavy atom. The van der Waals surface area contributed by atoms with Crippen molar-refractivity contribution in [1.29, 1.82) is 0 Å². The van der Waals surface area contributed by atoms with Crippen molar-refractivity contribution >= 4 is 5.97 Å². The second-order valence-corrected chi connectivity index (χ2v) is 4.24. The average Bonchev–Trinajstić information content (AvgIpc) is 2.61. The summed E-state index contributed by atoms with van der Waals surface area (Å²) in [5.41, 5.74) is 3.75. The molecule has 0 unspecified atom stereocenters. The maximum Gasteiger partial charge on any atom is 0.352 e. The minimum Gasteiger partial charge on any atom is -0.477 e. The lowest BCUT2D eigenvalue weighted by Crippen LogP contribution is -2.07. The Morgan fingerprint density at radius 2 is 2.06 bits per heavy atom. The highest BCUT2D eigenvalue weighted by Crippen LogP contribution is 2.14. The fourth-order valence-corrected chi connectivity index (χ4v) is 1.98. The van der Waals surface area contributed by atoms with E-state index in [1.807, 2.05) is 12.1 Å². The Labute approximate surface area is 100 Å². The molecule has 88 valence electrons. The van der Waals surface area contributed by atoms with Crippen LogP contribution in [0, 0.1) is 6.92 Å². The first-order valence-corrected chi connectivity index (χ1v) is 5.51. The fraction of sp³-hybridized carbons (Fsp3) is 0.214. The third kappa shape index (κ3) is 2.38. The van der Waals surface area contributed by atoms with E-state index in [0.29, 0.717) is 5.69 Å². The lowest BCUT2D eigenvalue weighted by Gasteiger charge is -2.06. The van der Waals surface area contributed by atoms with Crippen molar-refractivity contribution in [2.24, 2.45) is 7.05 Å². The Bertz CT molecular complexity index is 555. The smallest absolute Gasteiger partial charge is 0.352 e. The molecule has 1 aromatic heterocycles. The van der Waals surface area contributed by atoms with Gasteiger partial charge in [0, 0.05) is 19.2 Å². The van der Waals surface area contributed by atoms with E-state index >= 15 is 0 Å².